The van der Waals surface area contributed by atoms with E-state index in [0.29, 0.717) is 6.42 Å². The first-order valence-corrected chi connectivity index (χ1v) is 6.98. The van der Waals surface area contributed by atoms with Crippen LogP contribution < -0.4 is 5.32 Å². The zero-order valence-corrected chi connectivity index (χ0v) is 12.3. The van der Waals surface area contributed by atoms with Crippen LogP contribution >= 0.6 is 15.9 Å². The highest BCUT2D eigenvalue weighted by molar-refractivity contribution is 9.09. The molecule has 0 fully saturated rings. The van der Waals surface area contributed by atoms with E-state index in [1.54, 1.807) is 0 Å². The van der Waals surface area contributed by atoms with Crippen molar-refractivity contribution in [3.05, 3.63) is 35.4 Å². The normalized spacial score (nSPS) is 11.3. The number of carbonyl (C=O) groups is 1. The van der Waals surface area contributed by atoms with E-state index in [0.717, 1.165) is 17.3 Å². The predicted molar refractivity (Wildman–Crippen MR) is 75.5 cm³/mol. The molecule has 1 amide bonds. The number of nitrogens with one attached hydrogen (secondary N) is 1. The molecule has 0 saturated carbocycles. The molecule has 0 aliphatic heterocycles. The van der Waals surface area contributed by atoms with Crippen molar-refractivity contribution in [2.45, 2.75) is 39.2 Å². The largest absolute Gasteiger partial charge is 0.351 e. The lowest BCUT2D eigenvalue weighted by Crippen LogP contribution is -2.44. The van der Waals surface area contributed by atoms with Crippen LogP contribution in [0.5, 0.6) is 0 Å². The van der Waals surface area contributed by atoms with Crippen molar-refractivity contribution in [3.63, 3.8) is 0 Å². The highest BCUT2D eigenvalue weighted by atomic mass is 79.9. The molecule has 0 aromatic heterocycles. The molecule has 0 saturated heterocycles. The fraction of sp³-hybridized carbons (Fsp3) is 0.500. The Morgan fingerprint density at radius 2 is 2.00 bits per heavy atom. The first kappa shape index (κ1) is 14.2. The second-order valence-electron chi connectivity index (χ2n) is 4.97. The van der Waals surface area contributed by atoms with Crippen molar-refractivity contribution in [2.24, 2.45) is 0 Å². The summed E-state index contributed by atoms with van der Waals surface area (Å²) in [5.74, 6) is 0.0882. The van der Waals surface area contributed by atoms with E-state index in [2.05, 4.69) is 21.2 Å². The van der Waals surface area contributed by atoms with Crippen LogP contribution in [0.4, 0.5) is 0 Å². The second kappa shape index (κ2) is 6.20. The minimum Gasteiger partial charge on any atom is -0.351 e. The van der Waals surface area contributed by atoms with Crippen molar-refractivity contribution < 1.29 is 4.79 Å². The van der Waals surface area contributed by atoms with Gasteiger partial charge in [0.25, 0.3) is 0 Å². The van der Waals surface area contributed by atoms with E-state index in [1.807, 2.05) is 45.0 Å². The SMILES string of the molecule is Cc1ccccc1CC(=O)NC(C)(C)CCBr. The number of alkyl halides is 1. The molecule has 0 unspecified atom stereocenters. The Labute approximate surface area is 112 Å². The number of amides is 1. The molecule has 17 heavy (non-hydrogen) atoms. The van der Waals surface area contributed by atoms with E-state index in [-0.39, 0.29) is 11.4 Å². The summed E-state index contributed by atoms with van der Waals surface area (Å²) in [6.45, 7) is 6.13. The summed E-state index contributed by atoms with van der Waals surface area (Å²) in [5, 5.41) is 3.96. The van der Waals surface area contributed by atoms with Crippen LogP contribution in [0.3, 0.4) is 0 Å². The van der Waals surface area contributed by atoms with Gasteiger partial charge in [0.1, 0.15) is 0 Å². The Morgan fingerprint density at radius 3 is 2.59 bits per heavy atom. The molecule has 1 aromatic rings. The summed E-state index contributed by atoms with van der Waals surface area (Å²) in [7, 11) is 0. The molecule has 1 N–H and O–H groups in total. The molecular weight excluding hydrogens is 278 g/mol. The van der Waals surface area contributed by atoms with Crippen LogP contribution in [-0.4, -0.2) is 16.8 Å². The summed E-state index contributed by atoms with van der Waals surface area (Å²) in [4.78, 5) is 11.9. The topological polar surface area (TPSA) is 29.1 Å². The van der Waals surface area contributed by atoms with E-state index in [4.69, 9.17) is 0 Å². The van der Waals surface area contributed by atoms with Gasteiger partial charge >= 0.3 is 0 Å². The van der Waals surface area contributed by atoms with Crippen molar-refractivity contribution in [3.8, 4) is 0 Å². The van der Waals surface area contributed by atoms with E-state index >= 15 is 0 Å². The first-order valence-electron chi connectivity index (χ1n) is 5.86. The van der Waals surface area contributed by atoms with Gasteiger partial charge < -0.3 is 5.32 Å². The number of aryl methyl sites for hydroxylation is 1. The minimum atomic E-state index is -0.150. The molecule has 2 nitrogen and oxygen atoms in total. The molecule has 0 aliphatic rings. The number of hydrogen-bond acceptors (Lipinski definition) is 1. The van der Waals surface area contributed by atoms with Gasteiger partial charge in [0.15, 0.2) is 0 Å². The molecule has 3 heteroatoms. The Morgan fingerprint density at radius 1 is 1.35 bits per heavy atom. The third-order valence-electron chi connectivity index (χ3n) is 2.81. The maximum absolute atomic E-state index is 11.9. The summed E-state index contributed by atoms with van der Waals surface area (Å²) in [6.07, 6.45) is 1.38. The standard InChI is InChI=1S/C14H20BrNO/c1-11-6-4-5-7-12(11)10-13(17)16-14(2,3)8-9-15/h4-7H,8-10H2,1-3H3,(H,16,17). The summed E-state index contributed by atoms with van der Waals surface area (Å²) in [5.41, 5.74) is 2.11. The van der Waals surface area contributed by atoms with E-state index in [9.17, 15) is 4.79 Å². The van der Waals surface area contributed by atoms with Gasteiger partial charge in [0.2, 0.25) is 5.91 Å². The molecule has 0 bridgehead atoms. The number of halogens is 1. The lowest BCUT2D eigenvalue weighted by atomic mass is 10.0. The Kier molecular flexibility index (Phi) is 5.19. The van der Waals surface area contributed by atoms with Gasteiger partial charge in [-0.15, -0.1) is 0 Å². The number of carbonyl (C=O) groups excluding carboxylic acids is 1. The lowest BCUT2D eigenvalue weighted by Gasteiger charge is -2.25. The molecule has 94 valence electrons. The van der Waals surface area contributed by atoms with Crippen molar-refractivity contribution in [1.82, 2.24) is 5.32 Å². The minimum absolute atomic E-state index is 0.0882. The van der Waals surface area contributed by atoms with Gasteiger partial charge in [-0.2, -0.15) is 0 Å². The van der Waals surface area contributed by atoms with Gasteiger partial charge in [-0.25, -0.2) is 0 Å². The summed E-state index contributed by atoms with van der Waals surface area (Å²) in [6, 6.07) is 8.00. The molecule has 0 radical (unpaired) electrons. The van der Waals surface area contributed by atoms with Crippen molar-refractivity contribution in [1.29, 1.82) is 0 Å². The molecule has 0 heterocycles. The van der Waals surface area contributed by atoms with E-state index < -0.39 is 0 Å². The average molecular weight is 298 g/mol. The van der Waals surface area contributed by atoms with Crippen LogP contribution in [-0.2, 0) is 11.2 Å². The Balaban J connectivity index is 2.59. The van der Waals surface area contributed by atoms with Gasteiger partial charge in [0, 0.05) is 10.9 Å². The van der Waals surface area contributed by atoms with Gasteiger partial charge in [-0.3, -0.25) is 4.79 Å². The third-order valence-corrected chi connectivity index (χ3v) is 3.21. The van der Waals surface area contributed by atoms with Crippen molar-refractivity contribution >= 4 is 21.8 Å². The number of rotatable bonds is 5. The van der Waals surface area contributed by atoms with Gasteiger partial charge in [-0.05, 0) is 38.3 Å². The fourth-order valence-corrected chi connectivity index (χ4v) is 2.69. The lowest BCUT2D eigenvalue weighted by molar-refractivity contribution is -0.122. The maximum atomic E-state index is 11.9. The van der Waals surface area contributed by atoms with Crippen molar-refractivity contribution in [2.75, 3.05) is 5.33 Å². The van der Waals surface area contributed by atoms with E-state index in [1.165, 1.54) is 5.56 Å². The zero-order chi connectivity index (χ0) is 12.9. The molecule has 0 aliphatic carbocycles. The fourth-order valence-electron chi connectivity index (χ4n) is 1.70. The van der Waals surface area contributed by atoms with Crippen LogP contribution in [0, 0.1) is 6.92 Å². The highest BCUT2D eigenvalue weighted by Crippen LogP contribution is 2.12. The Hall–Kier alpha value is -0.830. The number of hydrogen-bond donors (Lipinski definition) is 1. The highest BCUT2D eigenvalue weighted by Gasteiger charge is 2.19. The monoisotopic (exact) mass is 297 g/mol. The molecule has 0 spiro atoms. The molecule has 1 aromatic carbocycles. The zero-order valence-electron chi connectivity index (χ0n) is 10.7. The molecular formula is C14H20BrNO. The summed E-state index contributed by atoms with van der Waals surface area (Å²) < 4.78 is 0. The molecule has 1 rings (SSSR count). The average Bonchev–Trinajstić information content (AvgIpc) is 2.20. The third kappa shape index (κ3) is 4.90. The quantitative estimate of drug-likeness (QED) is 0.831. The Bertz CT molecular complexity index is 388. The number of benzene rings is 1. The smallest absolute Gasteiger partial charge is 0.224 e. The first-order chi connectivity index (χ1) is 7.94. The van der Waals surface area contributed by atoms with Crippen LogP contribution in [0.15, 0.2) is 24.3 Å². The summed E-state index contributed by atoms with van der Waals surface area (Å²) >= 11 is 3.40. The molecule has 0 atom stereocenters. The van der Waals surface area contributed by atoms with Crippen LogP contribution in [0.1, 0.15) is 31.4 Å². The van der Waals surface area contributed by atoms with Crippen LogP contribution in [0.25, 0.3) is 0 Å². The second-order valence-corrected chi connectivity index (χ2v) is 5.77. The predicted octanol–water partition coefficient (Wildman–Crippen LogP) is 3.22. The van der Waals surface area contributed by atoms with Gasteiger partial charge in [0.05, 0.1) is 6.42 Å². The van der Waals surface area contributed by atoms with Crippen LogP contribution in [0.2, 0.25) is 0 Å². The van der Waals surface area contributed by atoms with Gasteiger partial charge in [-0.1, -0.05) is 40.2 Å². The maximum Gasteiger partial charge on any atom is 0.224 e.